The Morgan fingerprint density at radius 1 is 0.457 bits per heavy atom. The molecule has 0 heterocycles. The number of rotatable bonds is 6. The van der Waals surface area contributed by atoms with Gasteiger partial charge in [-0.15, -0.1) is 0 Å². The molecule has 0 amide bonds. The number of anilines is 4. The Bertz CT molecular complexity index is 1180. The number of hydrogen-bond acceptors (Lipinski definition) is 2. The molecule has 35 heavy (non-hydrogen) atoms. The van der Waals surface area contributed by atoms with E-state index in [9.17, 15) is 0 Å². The van der Waals surface area contributed by atoms with E-state index in [2.05, 4.69) is 83.6 Å². The Morgan fingerprint density at radius 2 is 0.714 bits per heavy atom. The van der Waals surface area contributed by atoms with Crippen molar-refractivity contribution >= 4 is 57.4 Å². The second kappa shape index (κ2) is 11.6. The first kappa shape index (κ1) is 24.4. The zero-order valence-corrected chi connectivity index (χ0v) is 21.4. The fourth-order valence-corrected chi connectivity index (χ4v) is 3.98. The van der Waals surface area contributed by atoms with E-state index >= 15 is 0 Å². The number of thiocarbonyl (C=S) groups is 2. The summed E-state index contributed by atoms with van der Waals surface area (Å²) in [5.41, 5.74) is 8.73. The molecule has 0 aliphatic heterocycles. The molecule has 0 aliphatic rings. The Balaban J connectivity index is 1.26. The molecular weight excluding hydrogens is 468 g/mol. The highest BCUT2D eigenvalue weighted by Gasteiger charge is 2.03. The van der Waals surface area contributed by atoms with Crippen LogP contribution in [-0.4, -0.2) is 10.2 Å². The molecule has 0 saturated heterocycles. The standard InChI is InChI=1S/C29H28N4S2/c1-20-3-11-24(12-4-20)30-28(34)32-26-15-7-22(8-16-26)19-23-9-17-27(18-10-23)33-29(35)31-25-13-5-21(2)6-14-25/h3-18H,19H2,1-2H3,(H2,30,32,34)(H2,31,33,35). The van der Waals surface area contributed by atoms with Gasteiger partial charge in [0.15, 0.2) is 10.2 Å². The molecule has 0 spiro atoms. The predicted molar refractivity (Wildman–Crippen MR) is 158 cm³/mol. The van der Waals surface area contributed by atoms with E-state index in [0.717, 1.165) is 29.2 Å². The lowest BCUT2D eigenvalue weighted by molar-refractivity contribution is 1.19. The van der Waals surface area contributed by atoms with Crippen molar-refractivity contribution in [2.45, 2.75) is 20.3 Å². The molecule has 176 valence electrons. The lowest BCUT2D eigenvalue weighted by Gasteiger charge is -2.12. The summed E-state index contributed by atoms with van der Waals surface area (Å²) in [6.07, 6.45) is 0.846. The van der Waals surface area contributed by atoms with Crippen LogP contribution in [0.1, 0.15) is 22.3 Å². The molecule has 0 radical (unpaired) electrons. The van der Waals surface area contributed by atoms with Gasteiger partial charge < -0.3 is 21.3 Å². The van der Waals surface area contributed by atoms with Crippen molar-refractivity contribution in [3.63, 3.8) is 0 Å². The molecule has 0 atom stereocenters. The molecule has 0 aliphatic carbocycles. The first-order chi connectivity index (χ1) is 16.9. The van der Waals surface area contributed by atoms with Gasteiger partial charge in [0, 0.05) is 22.7 Å². The Kier molecular flexibility index (Phi) is 8.08. The largest absolute Gasteiger partial charge is 0.332 e. The van der Waals surface area contributed by atoms with Gasteiger partial charge in [-0.1, -0.05) is 59.7 Å². The molecule has 4 N–H and O–H groups in total. The zero-order valence-electron chi connectivity index (χ0n) is 19.8. The van der Waals surface area contributed by atoms with E-state index in [1.165, 1.54) is 22.3 Å². The third kappa shape index (κ3) is 7.64. The molecule has 0 fully saturated rings. The SMILES string of the molecule is Cc1ccc(NC(=S)Nc2ccc(Cc3ccc(NC(=S)Nc4ccc(C)cc4)cc3)cc2)cc1. The summed E-state index contributed by atoms with van der Waals surface area (Å²) in [7, 11) is 0. The number of nitrogens with one attached hydrogen (secondary N) is 4. The summed E-state index contributed by atoms with van der Waals surface area (Å²) < 4.78 is 0. The third-order valence-corrected chi connectivity index (χ3v) is 5.86. The van der Waals surface area contributed by atoms with Crippen LogP contribution < -0.4 is 21.3 Å². The molecule has 0 bridgehead atoms. The highest BCUT2D eigenvalue weighted by molar-refractivity contribution is 7.81. The molecule has 6 heteroatoms. The quantitative estimate of drug-likeness (QED) is 0.207. The number of benzene rings is 4. The summed E-state index contributed by atoms with van der Waals surface area (Å²) in [6, 6.07) is 32.9. The average Bonchev–Trinajstić information content (AvgIpc) is 2.84. The fraction of sp³-hybridized carbons (Fsp3) is 0.103. The van der Waals surface area contributed by atoms with Gasteiger partial charge in [0.05, 0.1) is 0 Å². The van der Waals surface area contributed by atoms with Crippen LogP contribution in [0.4, 0.5) is 22.7 Å². The topological polar surface area (TPSA) is 48.1 Å². The van der Waals surface area contributed by atoms with Gasteiger partial charge in [0.1, 0.15) is 0 Å². The Hall–Kier alpha value is -3.74. The lowest BCUT2D eigenvalue weighted by atomic mass is 10.0. The molecule has 4 nitrogen and oxygen atoms in total. The van der Waals surface area contributed by atoms with E-state index in [1.54, 1.807) is 0 Å². The summed E-state index contributed by atoms with van der Waals surface area (Å²) in [5, 5.41) is 14.0. The normalized spacial score (nSPS) is 10.3. The molecular formula is C29H28N4S2. The first-order valence-corrected chi connectivity index (χ1v) is 12.2. The van der Waals surface area contributed by atoms with Crippen molar-refractivity contribution in [3.05, 3.63) is 119 Å². The van der Waals surface area contributed by atoms with Gasteiger partial charge in [-0.25, -0.2) is 0 Å². The van der Waals surface area contributed by atoms with E-state index in [0.29, 0.717) is 10.2 Å². The summed E-state index contributed by atoms with van der Waals surface area (Å²) in [6.45, 7) is 4.13. The maximum absolute atomic E-state index is 5.43. The second-order valence-electron chi connectivity index (χ2n) is 8.46. The van der Waals surface area contributed by atoms with E-state index in [4.69, 9.17) is 24.4 Å². The van der Waals surface area contributed by atoms with E-state index in [1.807, 2.05) is 48.5 Å². The van der Waals surface area contributed by atoms with Gasteiger partial charge in [0.2, 0.25) is 0 Å². The van der Waals surface area contributed by atoms with Crippen LogP contribution in [0.25, 0.3) is 0 Å². The minimum atomic E-state index is 0.569. The van der Waals surface area contributed by atoms with Gasteiger partial charge in [-0.05, 0) is 104 Å². The smallest absolute Gasteiger partial charge is 0.175 e. The highest BCUT2D eigenvalue weighted by Crippen LogP contribution is 2.17. The maximum atomic E-state index is 5.43. The summed E-state index contributed by atoms with van der Waals surface area (Å²) in [4.78, 5) is 0. The number of aryl methyl sites for hydroxylation is 2. The molecule has 0 unspecified atom stereocenters. The van der Waals surface area contributed by atoms with Crippen LogP contribution in [0.5, 0.6) is 0 Å². The van der Waals surface area contributed by atoms with Crippen LogP contribution in [0, 0.1) is 13.8 Å². The summed E-state index contributed by atoms with van der Waals surface area (Å²) >= 11 is 10.9. The van der Waals surface area contributed by atoms with Gasteiger partial charge >= 0.3 is 0 Å². The van der Waals surface area contributed by atoms with Crippen molar-refractivity contribution in [2.24, 2.45) is 0 Å². The monoisotopic (exact) mass is 496 g/mol. The average molecular weight is 497 g/mol. The second-order valence-corrected chi connectivity index (χ2v) is 9.28. The highest BCUT2D eigenvalue weighted by atomic mass is 32.1. The minimum Gasteiger partial charge on any atom is -0.332 e. The van der Waals surface area contributed by atoms with Crippen molar-refractivity contribution < 1.29 is 0 Å². The first-order valence-electron chi connectivity index (χ1n) is 11.4. The van der Waals surface area contributed by atoms with Gasteiger partial charge in [-0.2, -0.15) is 0 Å². The van der Waals surface area contributed by atoms with Gasteiger partial charge in [0.25, 0.3) is 0 Å². The van der Waals surface area contributed by atoms with Crippen LogP contribution in [0.3, 0.4) is 0 Å². The molecule has 4 aromatic carbocycles. The van der Waals surface area contributed by atoms with Crippen molar-refractivity contribution in [1.82, 2.24) is 0 Å². The number of hydrogen-bond donors (Lipinski definition) is 4. The zero-order chi connectivity index (χ0) is 24.6. The van der Waals surface area contributed by atoms with Crippen LogP contribution in [0.15, 0.2) is 97.1 Å². The Labute approximate surface area is 217 Å². The van der Waals surface area contributed by atoms with Crippen LogP contribution in [0.2, 0.25) is 0 Å². The van der Waals surface area contributed by atoms with E-state index in [-0.39, 0.29) is 0 Å². The predicted octanol–water partition coefficient (Wildman–Crippen LogP) is 7.51. The maximum Gasteiger partial charge on any atom is 0.175 e. The molecule has 4 rings (SSSR count). The minimum absolute atomic E-state index is 0.569. The third-order valence-electron chi connectivity index (χ3n) is 5.45. The van der Waals surface area contributed by atoms with Crippen LogP contribution >= 0.6 is 24.4 Å². The van der Waals surface area contributed by atoms with E-state index < -0.39 is 0 Å². The van der Waals surface area contributed by atoms with Crippen molar-refractivity contribution in [2.75, 3.05) is 21.3 Å². The fourth-order valence-electron chi connectivity index (χ4n) is 3.51. The Morgan fingerprint density at radius 3 is 1.00 bits per heavy atom. The molecule has 0 saturated carbocycles. The van der Waals surface area contributed by atoms with Crippen LogP contribution in [-0.2, 0) is 6.42 Å². The molecule has 4 aromatic rings. The molecule has 0 aromatic heterocycles. The lowest BCUT2D eigenvalue weighted by Crippen LogP contribution is -2.19. The van der Waals surface area contributed by atoms with Crippen molar-refractivity contribution in [1.29, 1.82) is 0 Å². The van der Waals surface area contributed by atoms with Crippen molar-refractivity contribution in [3.8, 4) is 0 Å². The van der Waals surface area contributed by atoms with Gasteiger partial charge in [-0.3, -0.25) is 0 Å². The summed E-state index contributed by atoms with van der Waals surface area (Å²) in [5.74, 6) is 0.